The van der Waals surface area contributed by atoms with Crippen LogP contribution in [0.4, 0.5) is 17.3 Å². The van der Waals surface area contributed by atoms with Crippen molar-refractivity contribution < 1.29 is 0 Å². The van der Waals surface area contributed by atoms with Crippen LogP contribution in [0.15, 0.2) is 72.8 Å². The summed E-state index contributed by atoms with van der Waals surface area (Å²) in [7, 11) is 2.05. The molecule has 0 fully saturated rings. The van der Waals surface area contributed by atoms with Gasteiger partial charge in [0, 0.05) is 25.0 Å². The summed E-state index contributed by atoms with van der Waals surface area (Å²) in [5.41, 5.74) is 3.91. The Labute approximate surface area is 178 Å². The van der Waals surface area contributed by atoms with E-state index in [0.29, 0.717) is 28.2 Å². The molecule has 0 saturated carbocycles. The van der Waals surface area contributed by atoms with Crippen molar-refractivity contribution >= 4 is 40.5 Å². The molecule has 0 aliphatic rings. The number of hydrogen-bond acceptors (Lipinski definition) is 5. The van der Waals surface area contributed by atoms with Crippen molar-refractivity contribution in [1.29, 1.82) is 0 Å². The first-order chi connectivity index (χ1) is 14.1. The van der Waals surface area contributed by atoms with Crippen molar-refractivity contribution in [2.75, 3.05) is 17.3 Å². The summed E-state index contributed by atoms with van der Waals surface area (Å²) < 4.78 is 1.54. The number of hydrogen-bond donors (Lipinski definition) is 1. The van der Waals surface area contributed by atoms with Crippen LogP contribution in [0.3, 0.4) is 0 Å². The molecule has 0 aliphatic carbocycles. The minimum absolute atomic E-state index is 0.397. The molecule has 1 heterocycles. The van der Waals surface area contributed by atoms with Crippen molar-refractivity contribution in [2.24, 2.45) is 0 Å². The SMILES string of the molecule is CN(c1ccccc1)c1ccccc1CNc1nnnn1-c1cccc(Cl)c1Cl. The molecule has 0 saturated heterocycles. The number of anilines is 3. The third-order valence-corrected chi connectivity index (χ3v) is 5.37. The maximum atomic E-state index is 6.33. The first kappa shape index (κ1) is 19.2. The van der Waals surface area contributed by atoms with Gasteiger partial charge in [-0.15, -0.1) is 0 Å². The quantitative estimate of drug-likeness (QED) is 0.451. The van der Waals surface area contributed by atoms with Gasteiger partial charge in [0.25, 0.3) is 0 Å². The summed E-state index contributed by atoms with van der Waals surface area (Å²) >= 11 is 12.5. The normalized spacial score (nSPS) is 10.7. The molecule has 8 heteroatoms. The smallest absolute Gasteiger partial charge is 0.248 e. The molecule has 0 atom stereocenters. The molecular weight excluding hydrogens is 407 g/mol. The standard InChI is InChI=1S/C21H18Cl2N6/c1-28(16-9-3-2-4-10-16)18-12-6-5-8-15(18)14-24-21-25-26-27-29(21)19-13-7-11-17(22)20(19)23/h2-13H,14H2,1H3,(H,24,25,27). The second kappa shape index (κ2) is 8.51. The Balaban J connectivity index is 1.59. The second-order valence-corrected chi connectivity index (χ2v) is 7.15. The molecule has 4 rings (SSSR count). The number of nitrogens with zero attached hydrogens (tertiary/aromatic N) is 5. The summed E-state index contributed by atoms with van der Waals surface area (Å²) in [6.07, 6.45) is 0. The summed E-state index contributed by atoms with van der Waals surface area (Å²) in [6, 6.07) is 23.7. The van der Waals surface area contributed by atoms with Crippen molar-refractivity contribution in [3.8, 4) is 5.69 Å². The molecule has 3 aromatic carbocycles. The first-order valence-corrected chi connectivity index (χ1v) is 9.74. The Kier molecular flexibility index (Phi) is 5.64. The topological polar surface area (TPSA) is 58.9 Å². The van der Waals surface area contributed by atoms with E-state index in [1.54, 1.807) is 12.1 Å². The Morgan fingerprint density at radius 2 is 1.69 bits per heavy atom. The van der Waals surface area contributed by atoms with E-state index >= 15 is 0 Å². The van der Waals surface area contributed by atoms with E-state index in [1.165, 1.54) is 4.68 Å². The predicted molar refractivity (Wildman–Crippen MR) is 117 cm³/mol. The van der Waals surface area contributed by atoms with Crippen LogP contribution in [0.25, 0.3) is 5.69 Å². The van der Waals surface area contributed by atoms with Crippen LogP contribution >= 0.6 is 23.2 Å². The summed E-state index contributed by atoms with van der Waals surface area (Å²) in [5, 5.41) is 16.0. The van der Waals surface area contributed by atoms with Crippen LogP contribution in [0.2, 0.25) is 10.0 Å². The number of aromatic nitrogens is 4. The lowest BCUT2D eigenvalue weighted by Gasteiger charge is -2.23. The van der Waals surface area contributed by atoms with Crippen LogP contribution in [-0.4, -0.2) is 27.3 Å². The molecule has 0 radical (unpaired) electrons. The van der Waals surface area contributed by atoms with Crippen LogP contribution in [0.5, 0.6) is 0 Å². The summed E-state index contributed by atoms with van der Waals surface area (Å²) in [5.74, 6) is 0.478. The van der Waals surface area contributed by atoms with E-state index < -0.39 is 0 Å². The van der Waals surface area contributed by atoms with Crippen LogP contribution < -0.4 is 10.2 Å². The lowest BCUT2D eigenvalue weighted by Crippen LogP contribution is -2.14. The van der Waals surface area contributed by atoms with Gasteiger partial charge in [-0.2, -0.15) is 4.68 Å². The molecule has 0 unspecified atom stereocenters. The molecule has 29 heavy (non-hydrogen) atoms. The molecule has 1 N–H and O–H groups in total. The fourth-order valence-electron chi connectivity index (χ4n) is 3.07. The Bertz CT molecular complexity index is 1110. The molecule has 0 spiro atoms. The fourth-order valence-corrected chi connectivity index (χ4v) is 3.44. The lowest BCUT2D eigenvalue weighted by molar-refractivity contribution is 0.789. The Morgan fingerprint density at radius 1 is 0.931 bits per heavy atom. The highest BCUT2D eigenvalue weighted by atomic mass is 35.5. The number of para-hydroxylation sites is 2. The highest BCUT2D eigenvalue weighted by Gasteiger charge is 2.14. The van der Waals surface area contributed by atoms with Crippen molar-refractivity contribution in [2.45, 2.75) is 6.54 Å². The molecule has 0 amide bonds. The van der Waals surface area contributed by atoms with E-state index in [1.807, 2.05) is 43.4 Å². The van der Waals surface area contributed by atoms with E-state index in [0.717, 1.165) is 16.9 Å². The number of halogens is 2. The van der Waals surface area contributed by atoms with Crippen molar-refractivity contribution in [3.63, 3.8) is 0 Å². The third-order valence-electron chi connectivity index (χ3n) is 4.56. The average Bonchev–Trinajstić information content (AvgIpc) is 3.23. The van der Waals surface area contributed by atoms with Crippen molar-refractivity contribution in [1.82, 2.24) is 20.2 Å². The van der Waals surface area contributed by atoms with Gasteiger partial charge in [0.15, 0.2) is 0 Å². The van der Waals surface area contributed by atoms with Gasteiger partial charge in [-0.05, 0) is 46.3 Å². The molecule has 146 valence electrons. The molecular formula is C21H18Cl2N6. The van der Waals surface area contributed by atoms with Crippen molar-refractivity contribution in [3.05, 3.63) is 88.4 Å². The molecule has 1 aromatic heterocycles. The van der Waals surface area contributed by atoms with Gasteiger partial charge in [0.1, 0.15) is 0 Å². The van der Waals surface area contributed by atoms with E-state index in [9.17, 15) is 0 Å². The lowest BCUT2D eigenvalue weighted by atomic mass is 10.1. The van der Waals surface area contributed by atoms with Crippen LogP contribution in [-0.2, 0) is 6.54 Å². The molecule has 0 aliphatic heterocycles. The predicted octanol–water partition coefficient (Wildman–Crippen LogP) is 5.35. The van der Waals surface area contributed by atoms with Crippen LogP contribution in [0.1, 0.15) is 5.56 Å². The number of benzene rings is 3. The summed E-state index contributed by atoms with van der Waals surface area (Å²) in [4.78, 5) is 2.15. The maximum Gasteiger partial charge on any atom is 0.248 e. The number of rotatable bonds is 6. The van der Waals surface area contributed by atoms with Crippen LogP contribution in [0, 0.1) is 0 Å². The average molecular weight is 425 g/mol. The third kappa shape index (κ3) is 4.04. The minimum atomic E-state index is 0.397. The highest BCUT2D eigenvalue weighted by Crippen LogP contribution is 2.30. The van der Waals surface area contributed by atoms with E-state index in [2.05, 4.69) is 50.0 Å². The second-order valence-electron chi connectivity index (χ2n) is 6.36. The van der Waals surface area contributed by atoms with Gasteiger partial charge in [-0.25, -0.2) is 0 Å². The minimum Gasteiger partial charge on any atom is -0.349 e. The number of tetrazole rings is 1. The fraction of sp³-hybridized carbons (Fsp3) is 0.0952. The highest BCUT2D eigenvalue weighted by molar-refractivity contribution is 6.43. The Hall–Kier alpha value is -3.09. The summed E-state index contributed by atoms with van der Waals surface area (Å²) in [6.45, 7) is 0.534. The molecule has 4 aromatic rings. The number of nitrogens with one attached hydrogen (secondary N) is 1. The van der Waals surface area contributed by atoms with Gasteiger partial charge >= 0.3 is 0 Å². The Morgan fingerprint density at radius 3 is 2.52 bits per heavy atom. The first-order valence-electron chi connectivity index (χ1n) is 8.98. The van der Waals surface area contributed by atoms with E-state index in [4.69, 9.17) is 23.2 Å². The zero-order valence-electron chi connectivity index (χ0n) is 15.6. The van der Waals surface area contributed by atoms with Gasteiger partial charge in [-0.1, -0.05) is 70.8 Å². The van der Waals surface area contributed by atoms with Gasteiger partial charge < -0.3 is 10.2 Å². The largest absolute Gasteiger partial charge is 0.349 e. The zero-order chi connectivity index (χ0) is 20.2. The monoisotopic (exact) mass is 424 g/mol. The molecule has 6 nitrogen and oxygen atoms in total. The van der Waals surface area contributed by atoms with Gasteiger partial charge in [-0.3, -0.25) is 0 Å². The molecule has 0 bridgehead atoms. The van der Waals surface area contributed by atoms with Gasteiger partial charge in [0.05, 0.1) is 15.7 Å². The van der Waals surface area contributed by atoms with E-state index in [-0.39, 0.29) is 0 Å². The van der Waals surface area contributed by atoms with Gasteiger partial charge in [0.2, 0.25) is 5.95 Å². The zero-order valence-corrected chi connectivity index (χ0v) is 17.1. The maximum absolute atomic E-state index is 6.33.